The van der Waals surface area contributed by atoms with E-state index >= 15 is 0 Å². The average molecular weight is 405 g/mol. The van der Waals surface area contributed by atoms with Gasteiger partial charge in [0.15, 0.2) is 23.0 Å². The number of ether oxygens (including phenoxy) is 4. The maximum absolute atomic E-state index is 11.4. The molecule has 3 aromatic rings. The number of aromatic carboxylic acids is 1. The molecule has 0 bridgehead atoms. The summed E-state index contributed by atoms with van der Waals surface area (Å²) >= 11 is 0. The molecule has 0 atom stereocenters. The number of carbonyl (C=O) groups is 1. The predicted octanol–water partition coefficient (Wildman–Crippen LogP) is -0.772. The van der Waals surface area contributed by atoms with Gasteiger partial charge in [-0.05, 0) is 41.3 Å². The minimum Gasteiger partial charge on any atom is -0.543 e. The molecule has 1 aromatic heterocycles. The molecule has 0 aliphatic rings. The van der Waals surface area contributed by atoms with Crippen LogP contribution in [0.3, 0.4) is 0 Å². The van der Waals surface area contributed by atoms with Gasteiger partial charge in [0.2, 0.25) is 0 Å². The first-order chi connectivity index (χ1) is 13.5. The van der Waals surface area contributed by atoms with E-state index in [0.29, 0.717) is 40.5 Å². The number of hydrogen-bond donors (Lipinski definition) is 0. The Morgan fingerprint density at radius 3 is 2.03 bits per heavy atom. The molecule has 8 heteroatoms. The Hall–Kier alpha value is -2.48. The maximum Gasteiger partial charge on any atom is 1.00 e. The second-order valence-electron chi connectivity index (χ2n) is 6.04. The van der Waals surface area contributed by atoms with Crippen LogP contribution in [0.15, 0.2) is 36.4 Å². The van der Waals surface area contributed by atoms with Crippen molar-refractivity contribution in [3.8, 4) is 23.0 Å². The summed E-state index contributed by atoms with van der Waals surface area (Å²) in [6, 6.07) is 10.5. The minimum absolute atomic E-state index is 0. The van der Waals surface area contributed by atoms with Gasteiger partial charge in [-0.2, -0.15) is 0 Å². The van der Waals surface area contributed by atoms with Crippen LogP contribution in [0.2, 0.25) is 0 Å². The zero-order chi connectivity index (χ0) is 20.3. The number of methoxy groups -OCH3 is 4. The summed E-state index contributed by atoms with van der Waals surface area (Å²) in [5.74, 6) is 0.887. The molecule has 0 spiro atoms. The molecule has 0 unspecified atom stereocenters. The molecule has 2 aromatic carbocycles. The third-order valence-corrected chi connectivity index (χ3v) is 4.44. The van der Waals surface area contributed by atoms with Gasteiger partial charge in [-0.25, -0.2) is 0 Å². The van der Waals surface area contributed by atoms with Crippen LogP contribution in [-0.4, -0.2) is 39.4 Å². The number of pyridine rings is 1. The van der Waals surface area contributed by atoms with E-state index in [2.05, 4.69) is 4.98 Å². The second-order valence-corrected chi connectivity index (χ2v) is 6.04. The number of nitrogens with zero attached hydrogens (tertiary/aromatic N) is 1. The summed E-state index contributed by atoms with van der Waals surface area (Å²) in [7, 11) is 6.19. The molecule has 0 saturated carbocycles. The van der Waals surface area contributed by atoms with Gasteiger partial charge in [-0.1, -0.05) is 6.07 Å². The van der Waals surface area contributed by atoms with Crippen molar-refractivity contribution in [2.24, 2.45) is 0 Å². The number of fused-ring (bicyclic) bond motifs is 1. The summed E-state index contributed by atoms with van der Waals surface area (Å²) in [6.07, 6.45) is 0.382. The fourth-order valence-corrected chi connectivity index (χ4v) is 3.07. The maximum atomic E-state index is 11.4. The Balaban J connectivity index is 0.00000300. The molecule has 0 amide bonds. The van der Waals surface area contributed by atoms with Crippen LogP contribution in [0.25, 0.3) is 10.8 Å². The van der Waals surface area contributed by atoms with Crippen molar-refractivity contribution in [2.45, 2.75) is 6.42 Å². The first kappa shape index (κ1) is 22.8. The average Bonchev–Trinajstić information content (AvgIpc) is 2.72. The molecule has 0 N–H and O–H groups in total. The van der Waals surface area contributed by atoms with Crippen LogP contribution in [0, 0.1) is 0 Å². The third-order valence-electron chi connectivity index (χ3n) is 4.44. The van der Waals surface area contributed by atoms with Gasteiger partial charge in [0.1, 0.15) is 0 Å². The van der Waals surface area contributed by atoms with Gasteiger partial charge >= 0.3 is 29.6 Å². The van der Waals surface area contributed by atoms with Crippen molar-refractivity contribution in [3.05, 3.63) is 53.3 Å². The smallest absolute Gasteiger partial charge is 0.543 e. The molecule has 0 aliphatic carbocycles. The fraction of sp³-hybridized carbons (Fsp3) is 0.238. The second kappa shape index (κ2) is 9.82. The standard InChI is InChI=1S/C21H21NO6.Na/c1-25-17-6-5-12(8-18(17)26-2)7-15-14-11-20(28-4)19(27-3)10-13(14)9-16(22-15)21(23)24;/h5-6,8-11H,7H2,1-4H3,(H,23,24);/q;+1/p-1. The summed E-state index contributed by atoms with van der Waals surface area (Å²) in [5.41, 5.74) is 1.32. The van der Waals surface area contributed by atoms with E-state index in [1.165, 1.54) is 13.2 Å². The first-order valence-electron chi connectivity index (χ1n) is 8.48. The number of carbonyl (C=O) groups excluding carboxylic acids is 1. The van der Waals surface area contributed by atoms with E-state index in [4.69, 9.17) is 18.9 Å². The van der Waals surface area contributed by atoms with Crippen LogP contribution in [0.1, 0.15) is 21.7 Å². The normalized spacial score (nSPS) is 10.2. The molecule has 0 saturated heterocycles. The number of carboxylic acids is 1. The van der Waals surface area contributed by atoms with E-state index in [9.17, 15) is 9.90 Å². The van der Waals surface area contributed by atoms with Gasteiger partial charge in [0, 0.05) is 11.8 Å². The van der Waals surface area contributed by atoms with Crippen molar-refractivity contribution in [1.29, 1.82) is 0 Å². The van der Waals surface area contributed by atoms with Crippen molar-refractivity contribution >= 4 is 16.7 Å². The van der Waals surface area contributed by atoms with E-state index in [0.717, 1.165) is 10.9 Å². The SMILES string of the molecule is COc1ccc(Cc2nc(C(=O)[O-])cc3cc(OC)c(OC)cc23)cc1OC.[Na+]. The van der Waals surface area contributed by atoms with Crippen molar-refractivity contribution in [3.63, 3.8) is 0 Å². The molecule has 0 fully saturated rings. The van der Waals surface area contributed by atoms with Crippen molar-refractivity contribution in [1.82, 2.24) is 4.98 Å². The van der Waals surface area contributed by atoms with E-state index in [1.807, 2.05) is 12.1 Å². The van der Waals surface area contributed by atoms with E-state index < -0.39 is 5.97 Å². The Kier molecular flexibility index (Phi) is 7.73. The molecule has 1 heterocycles. The van der Waals surface area contributed by atoms with Crippen molar-refractivity contribution in [2.75, 3.05) is 28.4 Å². The van der Waals surface area contributed by atoms with Gasteiger partial charge < -0.3 is 28.8 Å². The zero-order valence-electron chi connectivity index (χ0n) is 17.1. The minimum atomic E-state index is -1.34. The number of benzene rings is 2. The number of hydrogen-bond acceptors (Lipinski definition) is 7. The summed E-state index contributed by atoms with van der Waals surface area (Å²) in [5, 5.41) is 12.9. The summed E-state index contributed by atoms with van der Waals surface area (Å²) in [6.45, 7) is 0. The van der Waals surface area contributed by atoms with Crippen LogP contribution in [0.4, 0.5) is 0 Å². The molecular weight excluding hydrogens is 385 g/mol. The molecule has 0 radical (unpaired) electrons. The molecular formula is C21H20NNaO6. The van der Waals surface area contributed by atoms with Gasteiger partial charge in [0.25, 0.3) is 0 Å². The topological polar surface area (TPSA) is 89.9 Å². The summed E-state index contributed by atoms with van der Waals surface area (Å²) in [4.78, 5) is 15.7. The van der Waals surface area contributed by atoms with Gasteiger partial charge in [-0.3, -0.25) is 4.98 Å². The van der Waals surface area contributed by atoms with Gasteiger partial charge in [-0.15, -0.1) is 0 Å². The van der Waals surface area contributed by atoms with Crippen LogP contribution < -0.4 is 53.6 Å². The molecule has 146 valence electrons. The fourth-order valence-electron chi connectivity index (χ4n) is 3.07. The van der Waals surface area contributed by atoms with Crippen LogP contribution in [0.5, 0.6) is 23.0 Å². The predicted molar refractivity (Wildman–Crippen MR) is 102 cm³/mol. The molecule has 7 nitrogen and oxygen atoms in total. The molecule has 0 aliphatic heterocycles. The Bertz CT molecular complexity index is 1040. The van der Waals surface area contributed by atoms with E-state index in [-0.39, 0.29) is 35.3 Å². The first-order valence-corrected chi connectivity index (χ1v) is 8.48. The van der Waals surface area contributed by atoms with Crippen LogP contribution in [-0.2, 0) is 6.42 Å². The van der Waals surface area contributed by atoms with Crippen molar-refractivity contribution < 1.29 is 58.4 Å². The largest absolute Gasteiger partial charge is 1.00 e. The van der Waals surface area contributed by atoms with Crippen LogP contribution >= 0.6 is 0 Å². The monoisotopic (exact) mass is 405 g/mol. The molecule has 3 rings (SSSR count). The number of carboxylic acid groups (broad SMARTS) is 1. The summed E-state index contributed by atoms with van der Waals surface area (Å²) < 4.78 is 21.3. The quantitative estimate of drug-likeness (QED) is 0.477. The third kappa shape index (κ3) is 4.75. The van der Waals surface area contributed by atoms with E-state index in [1.54, 1.807) is 39.5 Å². The Labute approximate surface area is 190 Å². The Morgan fingerprint density at radius 1 is 0.862 bits per heavy atom. The Morgan fingerprint density at radius 2 is 1.45 bits per heavy atom. The van der Waals surface area contributed by atoms with Gasteiger partial charge in [0.05, 0.1) is 45.8 Å². The number of rotatable bonds is 7. The molecule has 29 heavy (non-hydrogen) atoms. The number of aromatic nitrogens is 1. The zero-order valence-corrected chi connectivity index (χ0v) is 19.1.